The minimum Gasteiger partial charge on any atom is -0.465 e. The van der Waals surface area contributed by atoms with Crippen molar-refractivity contribution in [3.8, 4) is 11.3 Å². The number of nitrogens with zero attached hydrogens (tertiary/aromatic N) is 1. The van der Waals surface area contributed by atoms with Gasteiger partial charge in [0.25, 0.3) is 0 Å². The summed E-state index contributed by atoms with van der Waals surface area (Å²) in [5.41, 5.74) is 1.55. The Bertz CT molecular complexity index is 935. The first-order valence-corrected chi connectivity index (χ1v) is 8.69. The summed E-state index contributed by atoms with van der Waals surface area (Å²) in [5, 5.41) is 8.12. The van der Waals surface area contributed by atoms with Gasteiger partial charge in [-0.15, -0.1) is 11.3 Å². The van der Waals surface area contributed by atoms with E-state index >= 15 is 0 Å². The van der Waals surface area contributed by atoms with Gasteiger partial charge < -0.3 is 19.3 Å². The van der Waals surface area contributed by atoms with Gasteiger partial charge in [-0.05, 0) is 35.7 Å². The minimum atomic E-state index is -0.517. The van der Waals surface area contributed by atoms with Gasteiger partial charge in [0.1, 0.15) is 23.0 Å². The van der Waals surface area contributed by atoms with Crippen LogP contribution in [-0.2, 0) is 20.9 Å². The van der Waals surface area contributed by atoms with Crippen molar-refractivity contribution in [1.82, 2.24) is 5.16 Å². The van der Waals surface area contributed by atoms with E-state index in [9.17, 15) is 14.0 Å². The highest BCUT2D eigenvalue weighted by atomic mass is 32.1. The predicted octanol–water partition coefficient (Wildman–Crippen LogP) is 3.48. The van der Waals surface area contributed by atoms with E-state index in [1.165, 1.54) is 30.6 Å². The largest absolute Gasteiger partial charge is 0.465 e. The Morgan fingerprint density at radius 3 is 2.78 bits per heavy atom. The average molecular weight is 390 g/mol. The topological polar surface area (TPSA) is 90.7 Å². The molecule has 0 atom stereocenters. The fourth-order valence-corrected chi connectivity index (χ4v) is 2.99. The van der Waals surface area contributed by atoms with Crippen LogP contribution in [0, 0.1) is 5.82 Å². The van der Waals surface area contributed by atoms with Gasteiger partial charge in [-0.25, -0.2) is 9.18 Å². The number of carbonyl (C=O) groups is 2. The molecule has 2 heterocycles. The minimum absolute atomic E-state index is 0.0611. The molecular formula is C18H15FN2O5S. The van der Waals surface area contributed by atoms with E-state index in [1.807, 2.05) is 0 Å². The number of nitrogens with one attached hydrogen (secondary N) is 1. The summed E-state index contributed by atoms with van der Waals surface area (Å²) in [6.45, 7) is -0.166. The van der Waals surface area contributed by atoms with E-state index in [2.05, 4.69) is 15.2 Å². The maximum absolute atomic E-state index is 12.9. The van der Waals surface area contributed by atoms with E-state index < -0.39 is 11.9 Å². The van der Waals surface area contributed by atoms with Crippen molar-refractivity contribution in [2.45, 2.75) is 6.61 Å². The van der Waals surface area contributed by atoms with Gasteiger partial charge >= 0.3 is 5.97 Å². The molecule has 0 bridgehead atoms. The van der Waals surface area contributed by atoms with Gasteiger partial charge in [0.15, 0.2) is 5.76 Å². The number of halogens is 1. The Hall–Kier alpha value is -3.04. The van der Waals surface area contributed by atoms with Crippen molar-refractivity contribution in [3.05, 3.63) is 58.2 Å². The number of thiophene rings is 1. The number of carbonyl (C=O) groups excluding carboxylic acids is 2. The number of esters is 1. The predicted molar refractivity (Wildman–Crippen MR) is 95.8 cm³/mol. The third-order valence-electron chi connectivity index (χ3n) is 3.48. The highest BCUT2D eigenvalue weighted by Crippen LogP contribution is 2.23. The number of anilines is 1. The molecule has 0 aliphatic heterocycles. The van der Waals surface area contributed by atoms with Crippen molar-refractivity contribution in [3.63, 3.8) is 0 Å². The second-order valence-electron chi connectivity index (χ2n) is 5.39. The van der Waals surface area contributed by atoms with Crippen LogP contribution in [0.25, 0.3) is 11.3 Å². The van der Waals surface area contributed by atoms with E-state index in [-0.39, 0.29) is 19.0 Å². The van der Waals surface area contributed by atoms with Crippen LogP contribution in [0.4, 0.5) is 10.1 Å². The number of benzene rings is 1. The van der Waals surface area contributed by atoms with Crippen molar-refractivity contribution < 1.29 is 28.0 Å². The van der Waals surface area contributed by atoms with Crippen LogP contribution in [0.15, 0.2) is 46.3 Å². The van der Waals surface area contributed by atoms with Crippen LogP contribution >= 0.6 is 11.3 Å². The summed E-state index contributed by atoms with van der Waals surface area (Å²) < 4.78 is 28.1. The quantitative estimate of drug-likeness (QED) is 0.621. The summed E-state index contributed by atoms with van der Waals surface area (Å²) in [4.78, 5) is 23.9. The van der Waals surface area contributed by atoms with Gasteiger partial charge in [0, 0.05) is 11.6 Å². The zero-order valence-corrected chi connectivity index (χ0v) is 15.0. The lowest BCUT2D eigenvalue weighted by Crippen LogP contribution is -2.19. The van der Waals surface area contributed by atoms with E-state index in [0.717, 1.165) is 0 Å². The number of amides is 1. The molecule has 3 rings (SSSR count). The lowest BCUT2D eigenvalue weighted by molar-refractivity contribution is -0.121. The SMILES string of the molecule is COC(=O)c1sccc1NC(=O)COCc1cc(-c2ccc(F)cc2)on1. The maximum atomic E-state index is 12.9. The van der Waals surface area contributed by atoms with E-state index in [0.29, 0.717) is 27.6 Å². The van der Waals surface area contributed by atoms with Crippen LogP contribution in [0.2, 0.25) is 0 Å². The van der Waals surface area contributed by atoms with Crippen molar-refractivity contribution in [2.24, 2.45) is 0 Å². The molecule has 0 fully saturated rings. The molecule has 9 heteroatoms. The smallest absolute Gasteiger partial charge is 0.350 e. The Kier molecular flexibility index (Phi) is 5.94. The molecule has 2 aromatic heterocycles. The molecule has 0 radical (unpaired) electrons. The van der Waals surface area contributed by atoms with Crippen LogP contribution in [0.1, 0.15) is 15.4 Å². The molecule has 140 valence electrons. The molecule has 1 aromatic carbocycles. The number of hydrogen-bond donors (Lipinski definition) is 1. The van der Waals surface area contributed by atoms with Gasteiger partial charge in [-0.1, -0.05) is 5.16 Å². The molecular weight excluding hydrogens is 375 g/mol. The van der Waals surface area contributed by atoms with Crippen LogP contribution in [0.3, 0.4) is 0 Å². The Balaban J connectivity index is 1.50. The fraction of sp³-hybridized carbons (Fsp3) is 0.167. The Morgan fingerprint density at radius 1 is 1.26 bits per heavy atom. The van der Waals surface area contributed by atoms with Crippen LogP contribution in [-0.4, -0.2) is 30.7 Å². The number of rotatable bonds is 7. The highest BCUT2D eigenvalue weighted by molar-refractivity contribution is 7.12. The molecule has 3 aromatic rings. The first-order valence-electron chi connectivity index (χ1n) is 7.81. The summed E-state index contributed by atoms with van der Waals surface area (Å²) in [7, 11) is 1.27. The maximum Gasteiger partial charge on any atom is 0.350 e. The van der Waals surface area contributed by atoms with Crippen molar-refractivity contribution >= 4 is 28.9 Å². The summed E-state index contributed by atoms with van der Waals surface area (Å²) in [6.07, 6.45) is 0. The first-order chi connectivity index (χ1) is 13.1. The van der Waals surface area contributed by atoms with Gasteiger partial charge in [0.2, 0.25) is 5.91 Å². The summed E-state index contributed by atoms with van der Waals surface area (Å²) >= 11 is 1.17. The van der Waals surface area contributed by atoms with Crippen LogP contribution in [0.5, 0.6) is 0 Å². The third-order valence-corrected chi connectivity index (χ3v) is 4.38. The van der Waals surface area contributed by atoms with E-state index in [4.69, 9.17) is 9.26 Å². The molecule has 0 aliphatic carbocycles. The number of methoxy groups -OCH3 is 1. The number of hydrogen-bond acceptors (Lipinski definition) is 7. The second kappa shape index (κ2) is 8.56. The highest BCUT2D eigenvalue weighted by Gasteiger charge is 2.15. The lowest BCUT2D eigenvalue weighted by atomic mass is 10.1. The molecule has 0 saturated heterocycles. The number of ether oxygens (including phenoxy) is 2. The van der Waals surface area contributed by atoms with Gasteiger partial charge in [0.05, 0.1) is 19.4 Å². The van der Waals surface area contributed by atoms with E-state index in [1.54, 1.807) is 29.6 Å². The zero-order chi connectivity index (χ0) is 19.2. The Labute approximate surface area is 157 Å². The molecule has 0 aliphatic rings. The number of aromatic nitrogens is 1. The van der Waals surface area contributed by atoms with Crippen molar-refractivity contribution in [1.29, 1.82) is 0 Å². The van der Waals surface area contributed by atoms with Gasteiger partial charge in [-0.3, -0.25) is 4.79 Å². The average Bonchev–Trinajstić information content (AvgIpc) is 3.31. The molecule has 1 amide bonds. The van der Waals surface area contributed by atoms with Gasteiger partial charge in [-0.2, -0.15) is 0 Å². The zero-order valence-electron chi connectivity index (χ0n) is 14.2. The first kappa shape index (κ1) is 18.7. The third kappa shape index (κ3) is 4.78. The summed E-state index contributed by atoms with van der Waals surface area (Å²) in [6, 6.07) is 9.07. The Morgan fingerprint density at radius 2 is 2.04 bits per heavy atom. The summed E-state index contributed by atoms with van der Waals surface area (Å²) in [5.74, 6) is -0.800. The monoisotopic (exact) mass is 390 g/mol. The standard InChI is InChI=1S/C18H15FN2O5S/c1-24-18(23)17-14(6-7-27-17)20-16(22)10-25-9-13-8-15(26-21-13)11-2-4-12(19)5-3-11/h2-8H,9-10H2,1H3,(H,20,22). The fourth-order valence-electron chi connectivity index (χ4n) is 2.22. The molecule has 0 saturated carbocycles. The molecule has 27 heavy (non-hydrogen) atoms. The second-order valence-corrected chi connectivity index (χ2v) is 6.30. The molecule has 0 spiro atoms. The van der Waals surface area contributed by atoms with Crippen molar-refractivity contribution in [2.75, 3.05) is 19.0 Å². The molecule has 1 N–H and O–H groups in total. The lowest BCUT2D eigenvalue weighted by Gasteiger charge is -2.05. The molecule has 0 unspecified atom stereocenters. The van der Waals surface area contributed by atoms with Crippen LogP contribution < -0.4 is 5.32 Å². The normalized spacial score (nSPS) is 10.6. The molecule has 7 nitrogen and oxygen atoms in total.